The molecule has 0 aromatic carbocycles. The number of aryl methyl sites for hydroxylation is 1. The molecule has 0 bridgehead atoms. The smallest absolute Gasteiger partial charge is 0.251 e. The van der Waals surface area contributed by atoms with E-state index in [0.717, 1.165) is 23.2 Å². The molecule has 32 heavy (non-hydrogen) atoms. The van der Waals surface area contributed by atoms with Crippen LogP contribution >= 0.6 is 0 Å². The molecule has 3 aromatic rings. The number of carbonyl (C=O) groups excluding carboxylic acids is 1. The summed E-state index contributed by atoms with van der Waals surface area (Å²) in [5.41, 5.74) is 10.1. The average molecular weight is 434 g/mol. The van der Waals surface area contributed by atoms with Crippen LogP contribution in [-0.4, -0.2) is 50.5 Å². The standard InChI is InChI=1S/C22H27N9O/c1-3-15-11-23-7-4-17(15)12-27-22(32)16-5-9-25-19(10-16)26-13-20-29-30-21(31(20)2)18-6-8-24-14-28-18/h4-11,14,20-21,29-30H,3,12-13H2,1-2H3,(H,25,26)(H,27,32). The molecule has 4 rings (SSSR count). The van der Waals surface area contributed by atoms with Crippen LogP contribution in [0.3, 0.4) is 0 Å². The predicted molar refractivity (Wildman–Crippen MR) is 120 cm³/mol. The maximum atomic E-state index is 12.7. The van der Waals surface area contributed by atoms with Crippen molar-refractivity contribution in [2.45, 2.75) is 32.2 Å². The first-order chi connectivity index (χ1) is 15.7. The van der Waals surface area contributed by atoms with Gasteiger partial charge in [0.15, 0.2) is 0 Å². The molecule has 3 aromatic heterocycles. The number of pyridine rings is 2. The van der Waals surface area contributed by atoms with E-state index in [1.54, 1.807) is 30.7 Å². The Labute approximate surface area is 186 Å². The molecule has 0 saturated carbocycles. The lowest BCUT2D eigenvalue weighted by Gasteiger charge is -2.23. The summed E-state index contributed by atoms with van der Waals surface area (Å²) in [4.78, 5) is 31.6. The molecule has 2 atom stereocenters. The maximum Gasteiger partial charge on any atom is 0.251 e. The van der Waals surface area contributed by atoms with Crippen molar-refractivity contribution in [3.8, 4) is 0 Å². The van der Waals surface area contributed by atoms with E-state index in [-0.39, 0.29) is 18.2 Å². The second kappa shape index (κ2) is 10.2. The Bertz CT molecular complexity index is 1050. The zero-order valence-corrected chi connectivity index (χ0v) is 18.1. The van der Waals surface area contributed by atoms with Crippen LogP contribution in [-0.2, 0) is 13.0 Å². The van der Waals surface area contributed by atoms with Crippen molar-refractivity contribution < 1.29 is 4.79 Å². The fourth-order valence-corrected chi connectivity index (χ4v) is 3.59. The van der Waals surface area contributed by atoms with Gasteiger partial charge in [-0.1, -0.05) is 6.92 Å². The summed E-state index contributed by atoms with van der Waals surface area (Å²) in [5.74, 6) is 0.493. The van der Waals surface area contributed by atoms with Crippen LogP contribution in [0.5, 0.6) is 0 Å². The van der Waals surface area contributed by atoms with Crippen LogP contribution in [0, 0.1) is 0 Å². The van der Waals surface area contributed by atoms with E-state index in [2.05, 4.69) is 53.2 Å². The van der Waals surface area contributed by atoms with Gasteiger partial charge in [-0.3, -0.25) is 14.7 Å². The number of likely N-dealkylation sites (N-methyl/N-ethyl adjacent to an activating group) is 1. The van der Waals surface area contributed by atoms with Crippen LogP contribution in [0.15, 0.2) is 55.4 Å². The number of nitrogens with one attached hydrogen (secondary N) is 4. The molecule has 1 fully saturated rings. The highest BCUT2D eigenvalue weighted by atomic mass is 16.1. The first-order valence-corrected chi connectivity index (χ1v) is 10.5. The van der Waals surface area contributed by atoms with Gasteiger partial charge in [0, 0.05) is 43.4 Å². The average Bonchev–Trinajstić information content (AvgIpc) is 3.22. The summed E-state index contributed by atoms with van der Waals surface area (Å²) in [6.07, 6.45) is 9.30. The van der Waals surface area contributed by atoms with Gasteiger partial charge < -0.3 is 10.6 Å². The summed E-state index contributed by atoms with van der Waals surface area (Å²) in [7, 11) is 2.01. The molecule has 10 heteroatoms. The molecule has 10 nitrogen and oxygen atoms in total. The van der Waals surface area contributed by atoms with E-state index >= 15 is 0 Å². The number of carbonyl (C=O) groups is 1. The Morgan fingerprint density at radius 2 is 1.97 bits per heavy atom. The van der Waals surface area contributed by atoms with Gasteiger partial charge in [-0.25, -0.2) is 25.8 Å². The molecule has 2 unspecified atom stereocenters. The van der Waals surface area contributed by atoms with Crippen molar-refractivity contribution >= 4 is 11.7 Å². The third-order valence-electron chi connectivity index (χ3n) is 5.49. The van der Waals surface area contributed by atoms with Gasteiger partial charge in [-0.05, 0) is 48.9 Å². The van der Waals surface area contributed by atoms with Gasteiger partial charge in [0.25, 0.3) is 5.91 Å². The topological polar surface area (TPSA) is 120 Å². The molecule has 1 amide bonds. The largest absolute Gasteiger partial charge is 0.367 e. The number of nitrogens with zero attached hydrogens (tertiary/aromatic N) is 5. The van der Waals surface area contributed by atoms with E-state index in [4.69, 9.17) is 0 Å². The van der Waals surface area contributed by atoms with Crippen molar-refractivity contribution in [2.24, 2.45) is 0 Å². The Kier molecular flexibility index (Phi) is 6.95. The first-order valence-electron chi connectivity index (χ1n) is 10.5. The Morgan fingerprint density at radius 3 is 2.78 bits per heavy atom. The third kappa shape index (κ3) is 5.05. The van der Waals surface area contributed by atoms with Crippen molar-refractivity contribution in [1.29, 1.82) is 0 Å². The van der Waals surface area contributed by atoms with Gasteiger partial charge in [-0.2, -0.15) is 0 Å². The zero-order valence-electron chi connectivity index (χ0n) is 18.1. The highest BCUT2D eigenvalue weighted by Gasteiger charge is 2.31. The molecule has 1 aliphatic heterocycles. The number of hydrazine groups is 1. The number of anilines is 1. The van der Waals surface area contributed by atoms with E-state index in [1.807, 2.05) is 25.4 Å². The summed E-state index contributed by atoms with van der Waals surface area (Å²) in [6, 6.07) is 7.28. The van der Waals surface area contributed by atoms with Crippen molar-refractivity contribution in [3.05, 3.63) is 77.8 Å². The summed E-state index contributed by atoms with van der Waals surface area (Å²) >= 11 is 0. The Morgan fingerprint density at radius 1 is 1.09 bits per heavy atom. The fourth-order valence-electron chi connectivity index (χ4n) is 3.59. The van der Waals surface area contributed by atoms with Crippen LogP contribution in [0.2, 0.25) is 0 Å². The van der Waals surface area contributed by atoms with Crippen molar-refractivity contribution in [3.63, 3.8) is 0 Å². The third-order valence-corrected chi connectivity index (χ3v) is 5.49. The SMILES string of the molecule is CCc1cnccc1CNC(=O)c1ccnc(NCC2NNC(c3ccncn3)N2C)c1. The highest BCUT2D eigenvalue weighted by Crippen LogP contribution is 2.19. The fraction of sp³-hybridized carbons (Fsp3) is 0.318. The molecule has 4 heterocycles. The minimum Gasteiger partial charge on any atom is -0.367 e. The van der Waals surface area contributed by atoms with Gasteiger partial charge in [0.1, 0.15) is 18.3 Å². The number of hydrogen-bond donors (Lipinski definition) is 4. The molecular formula is C22H27N9O. The minimum atomic E-state index is -0.143. The van der Waals surface area contributed by atoms with Crippen LogP contribution in [0.4, 0.5) is 5.82 Å². The number of amides is 1. The molecular weight excluding hydrogens is 406 g/mol. The predicted octanol–water partition coefficient (Wildman–Crippen LogP) is 1.24. The van der Waals surface area contributed by atoms with E-state index in [0.29, 0.717) is 24.5 Å². The molecule has 0 radical (unpaired) electrons. The summed E-state index contributed by atoms with van der Waals surface area (Å²) in [6.45, 7) is 3.12. The molecule has 166 valence electrons. The zero-order chi connectivity index (χ0) is 22.3. The van der Waals surface area contributed by atoms with Crippen molar-refractivity contribution in [2.75, 3.05) is 18.9 Å². The van der Waals surface area contributed by atoms with Gasteiger partial charge in [-0.15, -0.1) is 0 Å². The Hall–Kier alpha value is -3.47. The molecule has 1 aliphatic rings. The van der Waals surface area contributed by atoms with E-state index in [9.17, 15) is 4.79 Å². The summed E-state index contributed by atoms with van der Waals surface area (Å²) in [5, 5.41) is 6.28. The molecule has 1 saturated heterocycles. The Balaban J connectivity index is 1.33. The van der Waals surface area contributed by atoms with Gasteiger partial charge in [0.2, 0.25) is 0 Å². The van der Waals surface area contributed by atoms with Crippen LogP contribution in [0.25, 0.3) is 0 Å². The highest BCUT2D eigenvalue weighted by molar-refractivity contribution is 5.94. The number of aromatic nitrogens is 4. The van der Waals surface area contributed by atoms with Gasteiger partial charge in [0.05, 0.1) is 11.9 Å². The monoisotopic (exact) mass is 433 g/mol. The lowest BCUT2D eigenvalue weighted by atomic mass is 10.1. The lowest BCUT2D eigenvalue weighted by Crippen LogP contribution is -2.40. The van der Waals surface area contributed by atoms with E-state index in [1.165, 1.54) is 6.33 Å². The second-order valence-corrected chi connectivity index (χ2v) is 7.50. The van der Waals surface area contributed by atoms with E-state index < -0.39 is 0 Å². The molecule has 0 aliphatic carbocycles. The van der Waals surface area contributed by atoms with Gasteiger partial charge >= 0.3 is 0 Å². The molecule has 0 spiro atoms. The van der Waals surface area contributed by atoms with Crippen molar-refractivity contribution in [1.82, 2.24) is 41.0 Å². The second-order valence-electron chi connectivity index (χ2n) is 7.50. The molecule has 4 N–H and O–H groups in total. The summed E-state index contributed by atoms with van der Waals surface area (Å²) < 4.78 is 0. The number of hydrogen-bond acceptors (Lipinski definition) is 9. The maximum absolute atomic E-state index is 12.7. The minimum absolute atomic E-state index is 0.00778. The quantitative estimate of drug-likeness (QED) is 0.416. The lowest BCUT2D eigenvalue weighted by molar-refractivity contribution is 0.0950. The van der Waals surface area contributed by atoms with Crippen LogP contribution in [0.1, 0.15) is 40.3 Å². The normalized spacial score (nSPS) is 18.4. The van der Waals surface area contributed by atoms with Crippen LogP contribution < -0.4 is 21.5 Å². The first kappa shape index (κ1) is 21.8. The number of rotatable bonds is 8.